The number of nitrogens with zero attached hydrogens (tertiary/aromatic N) is 3. The van der Waals surface area contributed by atoms with Gasteiger partial charge in [0.2, 0.25) is 5.91 Å². The minimum atomic E-state index is -0.623. The Morgan fingerprint density at radius 2 is 1.83 bits per heavy atom. The summed E-state index contributed by atoms with van der Waals surface area (Å²) >= 11 is 0. The topological polar surface area (TPSA) is 56.7 Å². The molecule has 0 radical (unpaired) electrons. The molecule has 5 heteroatoms. The number of hydrogen-bond donors (Lipinski definition) is 1. The van der Waals surface area contributed by atoms with Crippen LogP contribution in [-0.2, 0) is 4.79 Å². The first kappa shape index (κ1) is 21.3. The Labute approximate surface area is 174 Å². The molecule has 29 heavy (non-hydrogen) atoms. The molecule has 0 saturated carbocycles. The van der Waals surface area contributed by atoms with Crippen LogP contribution in [0.15, 0.2) is 48.7 Å². The zero-order valence-corrected chi connectivity index (χ0v) is 18.0. The number of carbonyl (C=O) groups excluding carboxylic acids is 1. The quantitative estimate of drug-likeness (QED) is 0.808. The number of aromatic nitrogens is 1. The molecule has 1 fully saturated rings. The van der Waals surface area contributed by atoms with Crippen LogP contribution in [0.1, 0.15) is 34.1 Å². The van der Waals surface area contributed by atoms with Crippen molar-refractivity contribution in [2.24, 2.45) is 11.8 Å². The standard InChI is InChI=1S/C24H33N3O2/c1-17(2)14-22(19(4)28)24(29)27-13-12-26(16-18(27)3)23-11-10-21(15-25-23)20-8-6-5-7-9-20/h5-11,15,17-19,22,28H,12-14,16H2,1-4H3/t18-,19+,22+/m1/s1. The van der Waals surface area contributed by atoms with Gasteiger partial charge in [-0.1, -0.05) is 44.2 Å². The highest BCUT2D eigenvalue weighted by atomic mass is 16.3. The molecule has 0 unspecified atom stereocenters. The molecule has 2 heterocycles. The lowest BCUT2D eigenvalue weighted by molar-refractivity contribution is -0.142. The fourth-order valence-corrected chi connectivity index (χ4v) is 4.09. The average Bonchev–Trinajstić information content (AvgIpc) is 2.72. The monoisotopic (exact) mass is 395 g/mol. The Morgan fingerprint density at radius 1 is 1.10 bits per heavy atom. The van der Waals surface area contributed by atoms with Crippen molar-refractivity contribution in [3.63, 3.8) is 0 Å². The molecule has 1 saturated heterocycles. The summed E-state index contributed by atoms with van der Waals surface area (Å²) in [5, 5.41) is 10.1. The Morgan fingerprint density at radius 3 is 2.38 bits per heavy atom. The van der Waals surface area contributed by atoms with E-state index in [2.05, 4.69) is 54.9 Å². The number of anilines is 1. The maximum Gasteiger partial charge on any atom is 0.228 e. The van der Waals surface area contributed by atoms with E-state index in [4.69, 9.17) is 0 Å². The first-order valence-corrected chi connectivity index (χ1v) is 10.6. The molecule has 1 N–H and O–H groups in total. The third-order valence-corrected chi connectivity index (χ3v) is 5.71. The van der Waals surface area contributed by atoms with E-state index in [-0.39, 0.29) is 17.9 Å². The van der Waals surface area contributed by atoms with Crippen LogP contribution in [-0.4, -0.2) is 52.7 Å². The predicted molar refractivity (Wildman–Crippen MR) is 118 cm³/mol. The molecule has 0 bridgehead atoms. The first-order valence-electron chi connectivity index (χ1n) is 10.6. The van der Waals surface area contributed by atoms with E-state index < -0.39 is 6.10 Å². The van der Waals surface area contributed by atoms with E-state index >= 15 is 0 Å². The van der Waals surface area contributed by atoms with Gasteiger partial charge < -0.3 is 14.9 Å². The second-order valence-corrected chi connectivity index (χ2v) is 8.57. The minimum absolute atomic E-state index is 0.0771. The highest BCUT2D eigenvalue weighted by Crippen LogP contribution is 2.25. The zero-order valence-electron chi connectivity index (χ0n) is 18.0. The number of hydrogen-bond acceptors (Lipinski definition) is 4. The molecule has 3 rings (SSSR count). The molecule has 1 aromatic carbocycles. The number of amides is 1. The normalized spacial score (nSPS) is 19.3. The second kappa shape index (κ2) is 9.40. The average molecular weight is 396 g/mol. The van der Waals surface area contributed by atoms with Crippen molar-refractivity contribution in [2.45, 2.75) is 46.3 Å². The van der Waals surface area contributed by atoms with Gasteiger partial charge in [0.05, 0.1) is 12.0 Å². The van der Waals surface area contributed by atoms with Crippen LogP contribution in [0.5, 0.6) is 0 Å². The van der Waals surface area contributed by atoms with Gasteiger partial charge >= 0.3 is 0 Å². The van der Waals surface area contributed by atoms with Crippen molar-refractivity contribution in [1.82, 2.24) is 9.88 Å². The summed E-state index contributed by atoms with van der Waals surface area (Å²) in [6.07, 6.45) is 2.01. The van der Waals surface area contributed by atoms with Crippen molar-refractivity contribution in [3.05, 3.63) is 48.7 Å². The van der Waals surface area contributed by atoms with Gasteiger partial charge in [0.15, 0.2) is 0 Å². The Hall–Kier alpha value is -2.40. The number of benzene rings is 1. The smallest absolute Gasteiger partial charge is 0.228 e. The van der Waals surface area contributed by atoms with E-state index in [1.807, 2.05) is 29.3 Å². The molecule has 0 spiro atoms. The van der Waals surface area contributed by atoms with Crippen LogP contribution in [0.2, 0.25) is 0 Å². The van der Waals surface area contributed by atoms with Gasteiger partial charge in [0.1, 0.15) is 5.82 Å². The SMILES string of the molecule is CC(C)C[C@H](C(=O)N1CCN(c2ccc(-c3ccccc3)cn2)C[C@H]1C)[C@H](C)O. The second-order valence-electron chi connectivity index (χ2n) is 8.57. The van der Waals surface area contributed by atoms with Crippen LogP contribution in [0.4, 0.5) is 5.82 Å². The van der Waals surface area contributed by atoms with Gasteiger partial charge in [-0.3, -0.25) is 4.79 Å². The van der Waals surface area contributed by atoms with Gasteiger partial charge in [0.25, 0.3) is 0 Å². The lowest BCUT2D eigenvalue weighted by atomic mass is 9.91. The van der Waals surface area contributed by atoms with Crippen molar-refractivity contribution in [2.75, 3.05) is 24.5 Å². The molecule has 0 aliphatic carbocycles. The molecule has 2 aromatic rings. The van der Waals surface area contributed by atoms with Crippen molar-refractivity contribution < 1.29 is 9.90 Å². The molecule has 156 valence electrons. The van der Waals surface area contributed by atoms with Crippen molar-refractivity contribution in [1.29, 1.82) is 0 Å². The number of piperazine rings is 1. The van der Waals surface area contributed by atoms with E-state index in [0.29, 0.717) is 18.9 Å². The molecule has 1 aromatic heterocycles. The largest absolute Gasteiger partial charge is 0.393 e. The predicted octanol–water partition coefficient (Wildman–Crippen LogP) is 3.83. The molecule has 3 atom stereocenters. The summed E-state index contributed by atoms with van der Waals surface area (Å²) in [5.41, 5.74) is 2.26. The Kier molecular flexibility index (Phi) is 6.91. The summed E-state index contributed by atoms with van der Waals surface area (Å²) < 4.78 is 0. The highest BCUT2D eigenvalue weighted by Gasteiger charge is 2.34. The van der Waals surface area contributed by atoms with E-state index in [1.54, 1.807) is 6.92 Å². The first-order chi connectivity index (χ1) is 13.9. The molecule has 1 aliphatic heterocycles. The summed E-state index contributed by atoms with van der Waals surface area (Å²) in [4.78, 5) is 21.9. The fourth-order valence-electron chi connectivity index (χ4n) is 4.09. The summed E-state index contributed by atoms with van der Waals surface area (Å²) in [6.45, 7) is 10.1. The number of pyridine rings is 1. The summed E-state index contributed by atoms with van der Waals surface area (Å²) in [6, 6.07) is 14.5. The van der Waals surface area contributed by atoms with Crippen LogP contribution in [0.3, 0.4) is 0 Å². The lowest BCUT2D eigenvalue weighted by Gasteiger charge is -2.42. The van der Waals surface area contributed by atoms with Gasteiger partial charge in [0, 0.05) is 37.4 Å². The van der Waals surface area contributed by atoms with Crippen molar-refractivity contribution >= 4 is 11.7 Å². The summed E-state index contributed by atoms with van der Waals surface area (Å²) in [5.74, 6) is 1.07. The van der Waals surface area contributed by atoms with Gasteiger partial charge in [-0.05, 0) is 43.9 Å². The maximum absolute atomic E-state index is 13.1. The molecule has 1 amide bonds. The fraction of sp³-hybridized carbons (Fsp3) is 0.500. The van der Waals surface area contributed by atoms with Crippen LogP contribution < -0.4 is 4.90 Å². The lowest BCUT2D eigenvalue weighted by Crippen LogP contribution is -2.56. The number of rotatable bonds is 6. The molecular weight excluding hydrogens is 362 g/mol. The zero-order chi connectivity index (χ0) is 21.0. The summed E-state index contributed by atoms with van der Waals surface area (Å²) in [7, 11) is 0. The van der Waals surface area contributed by atoms with Crippen LogP contribution in [0, 0.1) is 11.8 Å². The number of carbonyl (C=O) groups is 1. The van der Waals surface area contributed by atoms with E-state index in [1.165, 1.54) is 0 Å². The van der Waals surface area contributed by atoms with Gasteiger partial charge in [-0.15, -0.1) is 0 Å². The van der Waals surface area contributed by atoms with Crippen molar-refractivity contribution in [3.8, 4) is 11.1 Å². The Balaban J connectivity index is 1.66. The van der Waals surface area contributed by atoms with Crippen LogP contribution in [0.25, 0.3) is 11.1 Å². The molecular formula is C24H33N3O2. The van der Waals surface area contributed by atoms with Crippen LogP contribution >= 0.6 is 0 Å². The van der Waals surface area contributed by atoms with E-state index in [9.17, 15) is 9.90 Å². The maximum atomic E-state index is 13.1. The number of aliphatic hydroxyl groups excluding tert-OH is 1. The third kappa shape index (κ3) is 5.15. The van der Waals surface area contributed by atoms with Gasteiger partial charge in [-0.2, -0.15) is 0 Å². The molecule has 1 aliphatic rings. The van der Waals surface area contributed by atoms with E-state index in [0.717, 1.165) is 30.0 Å². The van der Waals surface area contributed by atoms with Gasteiger partial charge in [-0.25, -0.2) is 4.98 Å². The highest BCUT2D eigenvalue weighted by molar-refractivity contribution is 5.80. The Bertz CT molecular complexity index is 790. The number of aliphatic hydroxyl groups is 1. The molecule has 5 nitrogen and oxygen atoms in total. The third-order valence-electron chi connectivity index (χ3n) is 5.71. The minimum Gasteiger partial charge on any atom is -0.393 e.